The van der Waals surface area contributed by atoms with Gasteiger partial charge in [0, 0.05) is 56.3 Å². The Morgan fingerprint density at radius 3 is 2.06 bits per heavy atom. The van der Waals surface area contributed by atoms with Gasteiger partial charge in [-0.05, 0) is 42.7 Å². The summed E-state index contributed by atoms with van der Waals surface area (Å²) in [5.41, 5.74) is -2.23. The number of aromatic nitrogens is 1. The fraction of sp³-hybridized carbons (Fsp3) is 0.360. The summed E-state index contributed by atoms with van der Waals surface area (Å²) in [6, 6.07) is 7.49. The lowest BCUT2D eigenvalue weighted by Crippen LogP contribution is -2.39. The molecular formula is C25H25F6N3O2. The van der Waals surface area contributed by atoms with Crippen LogP contribution in [0.2, 0.25) is 0 Å². The quantitative estimate of drug-likeness (QED) is 0.409. The number of amides is 2. The van der Waals surface area contributed by atoms with Crippen LogP contribution in [0, 0.1) is 0 Å². The van der Waals surface area contributed by atoms with Crippen molar-refractivity contribution in [3.63, 3.8) is 0 Å². The molecule has 1 heterocycles. The lowest BCUT2D eigenvalue weighted by atomic mass is 9.98. The molecule has 0 aliphatic rings. The van der Waals surface area contributed by atoms with Gasteiger partial charge in [0.05, 0.1) is 11.1 Å². The molecule has 0 aliphatic heterocycles. The molecule has 0 aliphatic carbocycles. The Balaban J connectivity index is 1.98. The van der Waals surface area contributed by atoms with Crippen LogP contribution < -0.4 is 0 Å². The highest BCUT2D eigenvalue weighted by Gasteiger charge is 2.38. The molecule has 1 unspecified atom stereocenters. The van der Waals surface area contributed by atoms with E-state index in [9.17, 15) is 35.9 Å². The largest absolute Gasteiger partial charge is 0.416 e. The number of carbonyl (C=O) groups excluding carboxylic acids is 2. The summed E-state index contributed by atoms with van der Waals surface area (Å²) in [5, 5.41) is 0.862. The second kappa shape index (κ2) is 10.2. The first-order valence-corrected chi connectivity index (χ1v) is 11.0. The number of nitrogens with one attached hydrogen (secondary N) is 1. The van der Waals surface area contributed by atoms with Crippen LogP contribution in [0.5, 0.6) is 0 Å². The topological polar surface area (TPSA) is 56.4 Å². The average molecular weight is 513 g/mol. The van der Waals surface area contributed by atoms with Crippen LogP contribution in [0.4, 0.5) is 26.3 Å². The molecule has 5 nitrogen and oxygen atoms in total. The molecule has 0 spiro atoms. The maximum absolute atomic E-state index is 13.3. The smallest absolute Gasteiger partial charge is 0.361 e. The van der Waals surface area contributed by atoms with Gasteiger partial charge >= 0.3 is 12.4 Å². The molecule has 0 saturated carbocycles. The van der Waals surface area contributed by atoms with E-state index in [-0.39, 0.29) is 31.2 Å². The van der Waals surface area contributed by atoms with Gasteiger partial charge in [-0.3, -0.25) is 9.59 Å². The van der Waals surface area contributed by atoms with Gasteiger partial charge in [-0.15, -0.1) is 0 Å². The number of likely N-dealkylation sites (N-methyl/N-ethyl adjacent to an activating group) is 1. The maximum Gasteiger partial charge on any atom is 0.416 e. The highest BCUT2D eigenvalue weighted by atomic mass is 19.4. The van der Waals surface area contributed by atoms with Crippen LogP contribution in [0.1, 0.15) is 39.9 Å². The summed E-state index contributed by atoms with van der Waals surface area (Å²) in [4.78, 5) is 31.0. The van der Waals surface area contributed by atoms with Gasteiger partial charge in [0.25, 0.3) is 5.91 Å². The number of benzene rings is 2. The van der Waals surface area contributed by atoms with Crippen molar-refractivity contribution in [2.24, 2.45) is 0 Å². The normalized spacial score (nSPS) is 13.0. The fourth-order valence-electron chi connectivity index (χ4n) is 3.95. The molecule has 0 saturated heterocycles. The highest BCUT2D eigenvalue weighted by Crippen LogP contribution is 2.36. The van der Waals surface area contributed by atoms with Crippen LogP contribution in [-0.4, -0.2) is 53.8 Å². The first-order chi connectivity index (χ1) is 16.7. The van der Waals surface area contributed by atoms with E-state index in [1.165, 1.54) is 11.9 Å². The van der Waals surface area contributed by atoms with Crippen LogP contribution in [0.3, 0.4) is 0 Å². The van der Waals surface area contributed by atoms with E-state index in [2.05, 4.69) is 4.98 Å². The van der Waals surface area contributed by atoms with Gasteiger partial charge < -0.3 is 14.8 Å². The van der Waals surface area contributed by atoms with Gasteiger partial charge in [-0.25, -0.2) is 0 Å². The monoisotopic (exact) mass is 513 g/mol. The molecule has 2 aromatic carbocycles. The van der Waals surface area contributed by atoms with Crippen molar-refractivity contribution in [3.8, 4) is 0 Å². The van der Waals surface area contributed by atoms with Gasteiger partial charge in [-0.1, -0.05) is 18.2 Å². The molecule has 11 heteroatoms. The molecule has 194 valence electrons. The second-order valence-corrected chi connectivity index (χ2v) is 8.75. The molecule has 3 aromatic rings. The van der Waals surface area contributed by atoms with Crippen LogP contribution in [0.25, 0.3) is 10.9 Å². The minimum absolute atomic E-state index is 0.0179. The molecule has 36 heavy (non-hydrogen) atoms. The van der Waals surface area contributed by atoms with Crippen LogP contribution in [0.15, 0.2) is 48.7 Å². The number of hydrogen-bond acceptors (Lipinski definition) is 2. The number of rotatable bonds is 7. The Kier molecular flexibility index (Phi) is 7.70. The number of carbonyl (C=O) groups is 2. The van der Waals surface area contributed by atoms with Crippen LogP contribution >= 0.6 is 0 Å². The lowest BCUT2D eigenvalue weighted by molar-refractivity contribution is -0.143. The summed E-state index contributed by atoms with van der Waals surface area (Å²) in [6.07, 6.45) is -7.99. The number of H-pyrrole nitrogens is 1. The van der Waals surface area contributed by atoms with Gasteiger partial charge in [0.1, 0.15) is 0 Å². The van der Waals surface area contributed by atoms with Crippen LogP contribution in [-0.2, 0) is 23.6 Å². The van der Waals surface area contributed by atoms with E-state index >= 15 is 0 Å². The van der Waals surface area contributed by atoms with E-state index < -0.39 is 41.0 Å². The molecule has 1 aromatic heterocycles. The molecule has 1 N–H and O–H groups in total. The fourth-order valence-corrected chi connectivity index (χ4v) is 3.95. The van der Waals surface area contributed by atoms with E-state index in [1.807, 2.05) is 24.3 Å². The summed E-state index contributed by atoms with van der Waals surface area (Å²) in [5.74, 6) is -1.23. The first kappa shape index (κ1) is 27.1. The van der Waals surface area contributed by atoms with E-state index in [0.717, 1.165) is 21.4 Å². The molecule has 0 bridgehead atoms. The Morgan fingerprint density at radius 1 is 0.917 bits per heavy atom. The van der Waals surface area contributed by atoms with E-state index in [0.29, 0.717) is 12.1 Å². The van der Waals surface area contributed by atoms with Crippen molar-refractivity contribution >= 4 is 22.7 Å². The highest BCUT2D eigenvalue weighted by molar-refractivity contribution is 5.95. The zero-order valence-electron chi connectivity index (χ0n) is 19.8. The van der Waals surface area contributed by atoms with Crippen molar-refractivity contribution in [1.82, 2.24) is 14.8 Å². The van der Waals surface area contributed by atoms with Crippen molar-refractivity contribution in [2.45, 2.75) is 37.7 Å². The van der Waals surface area contributed by atoms with Gasteiger partial charge in [0.2, 0.25) is 5.91 Å². The number of fused-ring (bicyclic) bond motifs is 1. The molecule has 3 rings (SSSR count). The maximum atomic E-state index is 13.3. The Labute approximate surface area is 203 Å². The number of alkyl halides is 6. The molecule has 0 fully saturated rings. The molecule has 1 atom stereocenters. The van der Waals surface area contributed by atoms with Crippen molar-refractivity contribution in [3.05, 3.63) is 70.9 Å². The Hall–Kier alpha value is -3.50. The van der Waals surface area contributed by atoms with Crippen molar-refractivity contribution in [1.29, 1.82) is 0 Å². The van der Waals surface area contributed by atoms with E-state index in [1.54, 1.807) is 20.3 Å². The standard InChI is InChI=1S/C25H25F6N3O2/c1-33(2)22(35)9-8-19(12-16-14-32-21-7-5-4-6-20(16)21)34(3)23(36)15-10-17(24(26,27)28)13-18(11-15)25(29,30)31/h4-7,10-11,13-14,19,32H,8-9,12H2,1-3H3. The summed E-state index contributed by atoms with van der Waals surface area (Å²) in [6.45, 7) is 0. The minimum atomic E-state index is -5.07. The molecule has 0 radical (unpaired) electrons. The number of para-hydroxylation sites is 1. The summed E-state index contributed by atoms with van der Waals surface area (Å²) in [7, 11) is 4.44. The predicted molar refractivity (Wildman–Crippen MR) is 122 cm³/mol. The van der Waals surface area contributed by atoms with E-state index in [4.69, 9.17) is 0 Å². The van der Waals surface area contributed by atoms with Gasteiger partial charge in [-0.2, -0.15) is 26.3 Å². The van der Waals surface area contributed by atoms with Gasteiger partial charge in [0.15, 0.2) is 0 Å². The van der Waals surface area contributed by atoms with Crippen molar-refractivity contribution in [2.75, 3.05) is 21.1 Å². The zero-order valence-corrected chi connectivity index (χ0v) is 19.8. The third kappa shape index (κ3) is 6.19. The number of halogens is 6. The predicted octanol–water partition coefficient (Wildman–Crippen LogP) is 5.76. The average Bonchev–Trinajstić information content (AvgIpc) is 3.21. The number of nitrogens with zero attached hydrogens (tertiary/aromatic N) is 2. The lowest BCUT2D eigenvalue weighted by Gasteiger charge is -2.29. The Morgan fingerprint density at radius 2 is 1.50 bits per heavy atom. The Bertz CT molecular complexity index is 1210. The number of aromatic amines is 1. The summed E-state index contributed by atoms with van der Waals surface area (Å²) >= 11 is 0. The third-order valence-electron chi connectivity index (χ3n) is 6.02. The van der Waals surface area contributed by atoms with Crippen molar-refractivity contribution < 1.29 is 35.9 Å². The number of hydrogen-bond donors (Lipinski definition) is 1. The minimum Gasteiger partial charge on any atom is -0.361 e. The first-order valence-electron chi connectivity index (χ1n) is 11.0. The third-order valence-corrected chi connectivity index (χ3v) is 6.02. The summed E-state index contributed by atoms with van der Waals surface area (Å²) < 4.78 is 79.8. The second-order valence-electron chi connectivity index (χ2n) is 8.75. The molecular weight excluding hydrogens is 488 g/mol. The zero-order chi connectivity index (χ0) is 26.8. The SMILES string of the molecule is CN(C)C(=O)CCC(Cc1c[nH]c2ccccc12)N(C)C(=O)c1cc(C(F)(F)F)cc(C(F)(F)F)c1. The molecule has 2 amide bonds.